The molecule has 0 atom stereocenters. The van der Waals surface area contributed by atoms with E-state index in [2.05, 4.69) is 73.0 Å². The highest BCUT2D eigenvalue weighted by molar-refractivity contribution is 7.00. The van der Waals surface area contributed by atoms with Crippen molar-refractivity contribution in [2.75, 3.05) is 9.80 Å². The van der Waals surface area contributed by atoms with Gasteiger partial charge in [0.2, 0.25) is 0 Å². The van der Waals surface area contributed by atoms with Gasteiger partial charge in [-0.2, -0.15) is 0 Å². The standard InChI is InChI=1S/C70H51BN4/c1-70(2,3)50-42-67-69-68(43-50)75(52-24-18-23-49(41-52)47-21-8-5-9-22-47)66-45-54(74-63-31-16-12-27-57(63)58-28-13-17-32-64(58)74)38-40-60(66)71(69)59-39-37-53(73-61-29-14-10-25-55(61)56-26-11-15-30-62(56)73)44-65(59)72(67)51-35-33-48(34-36-51)46-19-6-4-7-20-46/h4-45H,1-3H3/i10D,11D,12D,13D,14D,15D,16D,17D,25D,26D,27D,28D,29D,30D,31D,32D. The Morgan fingerprint density at radius 1 is 0.347 bits per heavy atom. The number of aromatic nitrogens is 2. The van der Waals surface area contributed by atoms with E-state index in [0.29, 0.717) is 22.7 Å². The van der Waals surface area contributed by atoms with Crippen LogP contribution in [0, 0.1) is 0 Å². The van der Waals surface area contributed by atoms with E-state index in [-0.39, 0.29) is 43.6 Å². The molecule has 0 saturated heterocycles. The molecule has 4 nitrogen and oxygen atoms in total. The number of rotatable bonds is 6. The molecule has 0 amide bonds. The first kappa shape index (κ1) is 30.0. The lowest BCUT2D eigenvalue weighted by Crippen LogP contribution is -2.61. The van der Waals surface area contributed by atoms with E-state index in [1.807, 2.05) is 115 Å². The molecule has 2 aliphatic heterocycles. The highest BCUT2D eigenvalue weighted by atomic mass is 15.2. The number of hydrogen-bond acceptors (Lipinski definition) is 2. The lowest BCUT2D eigenvalue weighted by Gasteiger charge is -2.45. The van der Waals surface area contributed by atoms with Gasteiger partial charge in [-0.3, -0.25) is 0 Å². The first-order valence-electron chi connectivity index (χ1n) is 32.9. The minimum Gasteiger partial charge on any atom is -0.311 e. The molecule has 75 heavy (non-hydrogen) atoms. The van der Waals surface area contributed by atoms with E-state index in [4.69, 9.17) is 11.0 Å². The van der Waals surface area contributed by atoms with Crippen LogP contribution < -0.4 is 26.2 Å². The van der Waals surface area contributed by atoms with Crippen LogP contribution in [-0.4, -0.2) is 15.8 Å². The van der Waals surface area contributed by atoms with Crippen molar-refractivity contribution < 1.29 is 21.9 Å². The van der Waals surface area contributed by atoms with Crippen molar-refractivity contribution in [1.29, 1.82) is 0 Å². The van der Waals surface area contributed by atoms with Crippen LogP contribution in [0.15, 0.2) is 254 Å². The molecule has 5 heteroatoms. The molecule has 4 heterocycles. The molecule has 0 unspecified atom stereocenters. The smallest absolute Gasteiger partial charge is 0.252 e. The molecule has 2 aliphatic rings. The molecule has 354 valence electrons. The fraction of sp³-hybridized carbons (Fsp3) is 0.0571. The van der Waals surface area contributed by atoms with Crippen LogP contribution in [0.1, 0.15) is 48.3 Å². The van der Waals surface area contributed by atoms with Crippen LogP contribution in [0.5, 0.6) is 0 Å². The molecule has 0 aliphatic carbocycles. The second-order valence-corrected chi connectivity index (χ2v) is 20.2. The van der Waals surface area contributed by atoms with E-state index in [1.165, 1.54) is 9.13 Å². The maximum Gasteiger partial charge on any atom is 0.252 e. The molecule has 0 radical (unpaired) electrons. The normalized spacial score (nSPS) is 15.9. The van der Waals surface area contributed by atoms with Crippen molar-refractivity contribution in [2.45, 2.75) is 26.2 Å². The van der Waals surface area contributed by atoms with Crippen LogP contribution in [0.2, 0.25) is 0 Å². The van der Waals surface area contributed by atoms with Gasteiger partial charge in [0.15, 0.2) is 0 Å². The van der Waals surface area contributed by atoms with Crippen molar-refractivity contribution in [3.05, 3.63) is 260 Å². The Labute approximate surface area is 460 Å². The van der Waals surface area contributed by atoms with Crippen molar-refractivity contribution in [3.8, 4) is 33.6 Å². The average molecular weight is 975 g/mol. The van der Waals surface area contributed by atoms with E-state index in [1.54, 1.807) is 0 Å². The predicted octanol–water partition coefficient (Wildman–Crippen LogP) is 16.6. The summed E-state index contributed by atoms with van der Waals surface area (Å²) in [5.74, 6) is 0. The summed E-state index contributed by atoms with van der Waals surface area (Å²) < 4.78 is 149. The fourth-order valence-electron chi connectivity index (χ4n) is 11.5. The monoisotopic (exact) mass is 975 g/mol. The van der Waals surface area contributed by atoms with E-state index >= 15 is 0 Å². The Bertz CT molecular complexity index is 5220. The molecule has 0 bridgehead atoms. The molecule has 11 aromatic carbocycles. The molecule has 0 spiro atoms. The summed E-state index contributed by atoms with van der Waals surface area (Å²) in [5, 5.41) is -0.198. The lowest BCUT2D eigenvalue weighted by molar-refractivity contribution is 0.590. The van der Waals surface area contributed by atoms with Crippen LogP contribution in [0.25, 0.3) is 77.2 Å². The summed E-state index contributed by atoms with van der Waals surface area (Å²) in [4.78, 5) is 4.39. The molecule has 15 rings (SSSR count). The summed E-state index contributed by atoms with van der Waals surface area (Å²) >= 11 is 0. The van der Waals surface area contributed by atoms with Crippen LogP contribution >= 0.6 is 0 Å². The molecule has 2 aromatic heterocycles. The highest BCUT2D eigenvalue weighted by Crippen LogP contribution is 2.48. The van der Waals surface area contributed by atoms with Crippen LogP contribution in [0.4, 0.5) is 34.1 Å². The van der Waals surface area contributed by atoms with E-state index in [9.17, 15) is 11.0 Å². The number of nitrogens with zero attached hydrogens (tertiary/aromatic N) is 4. The van der Waals surface area contributed by atoms with Crippen molar-refractivity contribution in [3.63, 3.8) is 0 Å². The Balaban J connectivity index is 1.08. The third-order valence-electron chi connectivity index (χ3n) is 14.9. The van der Waals surface area contributed by atoms with Crippen molar-refractivity contribution >= 4 is 101 Å². The van der Waals surface area contributed by atoms with Crippen molar-refractivity contribution in [2.24, 2.45) is 0 Å². The van der Waals surface area contributed by atoms with Crippen molar-refractivity contribution in [1.82, 2.24) is 9.13 Å². The average Bonchev–Trinajstić information content (AvgIpc) is 1.62. The summed E-state index contributed by atoms with van der Waals surface area (Å²) in [6, 6.07) is 44.4. The molecular formula is C70H51BN4. The summed E-state index contributed by atoms with van der Waals surface area (Å²) in [7, 11) is 0. The Morgan fingerprint density at radius 3 is 1.21 bits per heavy atom. The van der Waals surface area contributed by atoms with E-state index < -0.39 is 109 Å². The summed E-state index contributed by atoms with van der Waals surface area (Å²) in [6.45, 7) is 5.81. The third-order valence-corrected chi connectivity index (χ3v) is 14.9. The second-order valence-electron chi connectivity index (χ2n) is 20.2. The van der Waals surface area contributed by atoms with Gasteiger partial charge >= 0.3 is 0 Å². The topological polar surface area (TPSA) is 16.3 Å². The number of benzene rings is 11. The summed E-state index contributed by atoms with van der Waals surface area (Å²) in [6.07, 6.45) is 0. The van der Waals surface area contributed by atoms with Gasteiger partial charge in [-0.05, 0) is 134 Å². The quantitative estimate of drug-likeness (QED) is 0.154. The van der Waals surface area contributed by atoms with Crippen LogP contribution in [0.3, 0.4) is 0 Å². The largest absolute Gasteiger partial charge is 0.311 e. The first-order chi connectivity index (χ1) is 43.5. The molecule has 0 fully saturated rings. The number of fused-ring (bicyclic) bond motifs is 10. The second kappa shape index (κ2) is 16.6. The molecule has 0 N–H and O–H groups in total. The fourth-order valence-corrected chi connectivity index (χ4v) is 11.5. The predicted molar refractivity (Wildman–Crippen MR) is 319 cm³/mol. The molecule has 0 saturated carbocycles. The van der Waals surface area contributed by atoms with Crippen LogP contribution in [-0.2, 0) is 5.41 Å². The maximum atomic E-state index is 9.49. The van der Waals surface area contributed by atoms with Gasteiger partial charge in [0.1, 0.15) is 0 Å². The van der Waals surface area contributed by atoms with Gasteiger partial charge in [0, 0.05) is 67.0 Å². The Hall–Kier alpha value is -9.32. The molecular weight excluding hydrogens is 908 g/mol. The van der Waals surface area contributed by atoms with E-state index in [0.717, 1.165) is 67.0 Å². The Morgan fingerprint density at radius 2 is 0.747 bits per heavy atom. The van der Waals surface area contributed by atoms with Gasteiger partial charge in [-0.1, -0.05) is 190 Å². The van der Waals surface area contributed by atoms with Gasteiger partial charge in [0.05, 0.1) is 44.0 Å². The zero-order valence-electron chi connectivity index (χ0n) is 56.9. The third kappa shape index (κ3) is 6.71. The minimum absolute atomic E-state index is 0.0241. The summed E-state index contributed by atoms with van der Waals surface area (Å²) in [5.41, 5.74) is 11.8. The zero-order chi connectivity index (χ0) is 63.9. The lowest BCUT2D eigenvalue weighted by atomic mass is 9.33. The van der Waals surface area contributed by atoms with Gasteiger partial charge in [-0.15, -0.1) is 0 Å². The first-order valence-corrected chi connectivity index (χ1v) is 24.9. The maximum absolute atomic E-state index is 9.49. The SMILES string of the molecule is [2H]c1c([2H])c([2H])c2c(c1[2H])c1c([2H])c([2H])c([2H])c([2H])c1n2-c1ccc2c(c1)N(c1ccc(-c3ccccc3)cc1)c1cc(C(C)(C)C)cc3c1B2c1ccc(-n2c4c([2H])c([2H])c([2H])c([2H])c4c4c([2H])c([2H])c([2H])c([2H])c42)cc1N3c1cccc(-c2ccccc2)c1. The number of para-hydroxylation sites is 4. The van der Waals surface area contributed by atoms with Gasteiger partial charge in [0.25, 0.3) is 6.71 Å². The number of anilines is 6. The Kier molecular flexibility index (Phi) is 6.65. The molecule has 13 aromatic rings. The number of hydrogen-bond donors (Lipinski definition) is 0. The van der Waals surface area contributed by atoms with Gasteiger partial charge < -0.3 is 18.9 Å². The van der Waals surface area contributed by atoms with Gasteiger partial charge in [-0.25, -0.2) is 0 Å². The zero-order valence-corrected chi connectivity index (χ0v) is 40.9. The highest BCUT2D eigenvalue weighted by Gasteiger charge is 2.44. The minimum atomic E-state index is -0.610.